The van der Waals surface area contributed by atoms with Crippen LogP contribution in [0.15, 0.2) is 41.3 Å². The molecule has 3 aromatic rings. The number of carbonyl (C=O) groups is 2. The highest BCUT2D eigenvalue weighted by atomic mass is 19.4. The molecule has 12 heteroatoms. The molecule has 0 aliphatic rings. The highest BCUT2D eigenvalue weighted by molar-refractivity contribution is 5.82. The highest BCUT2D eigenvalue weighted by Gasteiger charge is 2.36. The molecule has 0 saturated carbocycles. The molecule has 0 spiro atoms. The van der Waals surface area contributed by atoms with Gasteiger partial charge in [-0.3, -0.25) is 14.4 Å². The van der Waals surface area contributed by atoms with Gasteiger partial charge in [0.2, 0.25) is 5.91 Å². The fraction of sp³-hybridized carbons (Fsp3) is 0.400. The molecule has 0 unspecified atom stereocenters. The molecule has 7 nitrogen and oxygen atoms in total. The quantitative estimate of drug-likeness (QED) is 0.173. The molecule has 47 heavy (non-hydrogen) atoms. The normalized spacial score (nSPS) is 13.0. The van der Waals surface area contributed by atoms with Gasteiger partial charge in [-0.1, -0.05) is 19.8 Å². The number of aryl methyl sites for hydroxylation is 2. The minimum atomic E-state index is -4.82. The first-order chi connectivity index (χ1) is 21.8. The number of hydrogen-bond donors (Lipinski definition) is 2. The van der Waals surface area contributed by atoms with Gasteiger partial charge in [0, 0.05) is 24.4 Å². The largest absolute Gasteiger partial charge is 0.481 e. The van der Waals surface area contributed by atoms with Crippen molar-refractivity contribution >= 4 is 11.9 Å². The Balaban J connectivity index is 2.18. The zero-order valence-electron chi connectivity index (χ0n) is 27.1. The number of likely N-dealkylation sites (N-methyl/N-ethyl adjacent to an activating group) is 1. The topological polar surface area (TPSA) is 91.6 Å². The molecule has 0 bridgehead atoms. The number of amides is 1. The molecule has 1 amide bonds. The molecule has 2 aromatic carbocycles. The lowest BCUT2D eigenvalue weighted by atomic mass is 9.90. The van der Waals surface area contributed by atoms with Crippen molar-refractivity contribution in [3.05, 3.63) is 91.9 Å². The number of benzene rings is 2. The average Bonchev–Trinajstić information content (AvgIpc) is 2.94. The van der Waals surface area contributed by atoms with Crippen LogP contribution in [0.25, 0.3) is 11.1 Å². The van der Waals surface area contributed by atoms with Crippen molar-refractivity contribution in [2.45, 2.75) is 65.2 Å². The number of pyridine rings is 1. The maximum Gasteiger partial charge on any atom is 0.416 e. The minimum absolute atomic E-state index is 0.00386. The first-order valence-corrected chi connectivity index (χ1v) is 14.9. The lowest BCUT2D eigenvalue weighted by Gasteiger charge is -2.27. The number of hydrogen-bond acceptors (Lipinski definition) is 4. The second-order valence-electron chi connectivity index (χ2n) is 12.3. The Morgan fingerprint density at radius 1 is 1.06 bits per heavy atom. The number of alkyl halides is 3. The molecule has 0 aliphatic heterocycles. The molecule has 3 rings (SSSR count). The third-order valence-corrected chi connectivity index (χ3v) is 7.74. The summed E-state index contributed by atoms with van der Waals surface area (Å²) in [5.74, 6) is -1.74. The monoisotopic (exact) mass is 659 g/mol. The van der Waals surface area contributed by atoms with E-state index in [1.54, 1.807) is 46.7 Å². The van der Waals surface area contributed by atoms with Gasteiger partial charge in [0.15, 0.2) is 0 Å². The molecule has 2 atom stereocenters. The van der Waals surface area contributed by atoms with E-state index >= 15 is 4.39 Å². The molecule has 1 heterocycles. The number of carbonyl (C=O) groups excluding carboxylic acids is 1. The van der Waals surface area contributed by atoms with E-state index in [1.807, 2.05) is 0 Å². The van der Waals surface area contributed by atoms with Crippen LogP contribution in [0.3, 0.4) is 0 Å². The van der Waals surface area contributed by atoms with Crippen LogP contribution in [0.1, 0.15) is 72.2 Å². The Morgan fingerprint density at radius 2 is 1.68 bits per heavy atom. The summed E-state index contributed by atoms with van der Waals surface area (Å²) in [6.45, 7) is 7.00. The molecule has 1 aromatic heterocycles. The highest BCUT2D eigenvalue weighted by Crippen LogP contribution is 2.35. The summed E-state index contributed by atoms with van der Waals surface area (Å²) in [5, 5.41) is 12.3. The number of nitrogens with zero attached hydrogens (tertiary/aromatic N) is 2. The van der Waals surface area contributed by atoms with Crippen LogP contribution in [0.4, 0.5) is 22.0 Å². The fourth-order valence-electron chi connectivity index (χ4n) is 5.63. The molecule has 2 N–H and O–H groups in total. The maximum atomic E-state index is 15.8. The van der Waals surface area contributed by atoms with Gasteiger partial charge < -0.3 is 19.9 Å². The summed E-state index contributed by atoms with van der Waals surface area (Å²) in [5.41, 5.74) is -0.974. The van der Waals surface area contributed by atoms with Gasteiger partial charge in [-0.15, -0.1) is 6.42 Å². The van der Waals surface area contributed by atoms with E-state index in [2.05, 4.69) is 11.2 Å². The number of aromatic nitrogens is 1. The van der Waals surface area contributed by atoms with Crippen molar-refractivity contribution in [1.82, 2.24) is 14.8 Å². The van der Waals surface area contributed by atoms with Crippen LogP contribution in [-0.2, 0) is 22.2 Å². The average molecular weight is 660 g/mol. The van der Waals surface area contributed by atoms with E-state index in [-0.39, 0.29) is 42.0 Å². The standard InChI is InChI=1S/C35H38F5N3O4/c1-8-22-14-24(32-20(4)12-25(36)13-21(32)5)15-26(33(22)37)28(17-31(45)46)41-34(47)29(11-19(2)3)43-18-23(9-10-42(6)7)27(16-30(43)44)35(38,39)40/h1,12-16,18-19,28-29H,9-11,17H2,2-7H3,(H,41,47)(H,45,46)/t28-,29+/m0/s1. The van der Waals surface area contributed by atoms with Gasteiger partial charge in [0.25, 0.3) is 5.56 Å². The Hall–Kier alpha value is -4.50. The summed E-state index contributed by atoms with van der Waals surface area (Å²) in [6.07, 6.45) is 0.923. The Labute approximate surface area is 270 Å². The molecule has 0 aliphatic carbocycles. The van der Waals surface area contributed by atoms with Crippen molar-refractivity contribution in [3.63, 3.8) is 0 Å². The van der Waals surface area contributed by atoms with E-state index in [4.69, 9.17) is 6.42 Å². The van der Waals surface area contributed by atoms with Crippen LogP contribution in [-0.4, -0.2) is 47.1 Å². The van der Waals surface area contributed by atoms with Gasteiger partial charge in [-0.2, -0.15) is 13.2 Å². The van der Waals surface area contributed by atoms with Crippen molar-refractivity contribution in [3.8, 4) is 23.5 Å². The number of carboxylic acid groups (broad SMARTS) is 1. The third-order valence-electron chi connectivity index (χ3n) is 7.74. The van der Waals surface area contributed by atoms with Crippen molar-refractivity contribution in [2.75, 3.05) is 20.6 Å². The zero-order chi connectivity index (χ0) is 35.4. The molecule has 252 valence electrons. The van der Waals surface area contributed by atoms with Gasteiger partial charge in [0.05, 0.1) is 23.6 Å². The summed E-state index contributed by atoms with van der Waals surface area (Å²) < 4.78 is 72.5. The number of nitrogens with one attached hydrogen (secondary N) is 1. The van der Waals surface area contributed by atoms with Crippen LogP contribution in [0, 0.1) is 43.7 Å². The van der Waals surface area contributed by atoms with Crippen LogP contribution < -0.4 is 10.9 Å². The molecule has 0 radical (unpaired) electrons. The Kier molecular flexibility index (Phi) is 11.7. The number of terminal acetylenes is 1. The van der Waals surface area contributed by atoms with E-state index in [1.165, 1.54) is 24.3 Å². The number of aliphatic carboxylic acids is 1. The lowest BCUT2D eigenvalue weighted by Crippen LogP contribution is -2.41. The van der Waals surface area contributed by atoms with Crippen molar-refractivity contribution < 1.29 is 36.6 Å². The summed E-state index contributed by atoms with van der Waals surface area (Å²) in [6, 6.07) is 2.85. The zero-order valence-corrected chi connectivity index (χ0v) is 27.1. The van der Waals surface area contributed by atoms with Gasteiger partial charge in [-0.05, 0) is 98.8 Å². The van der Waals surface area contributed by atoms with E-state index in [0.29, 0.717) is 28.3 Å². The summed E-state index contributed by atoms with van der Waals surface area (Å²) >= 11 is 0. The lowest BCUT2D eigenvalue weighted by molar-refractivity contribution is -0.139. The van der Waals surface area contributed by atoms with Crippen molar-refractivity contribution in [2.24, 2.45) is 5.92 Å². The van der Waals surface area contributed by atoms with Crippen molar-refractivity contribution in [1.29, 1.82) is 0 Å². The van der Waals surface area contributed by atoms with E-state index in [0.717, 1.165) is 10.8 Å². The number of rotatable bonds is 12. The van der Waals surface area contributed by atoms with Gasteiger partial charge in [0.1, 0.15) is 17.7 Å². The first-order valence-electron chi connectivity index (χ1n) is 14.9. The fourth-order valence-corrected chi connectivity index (χ4v) is 5.63. The molecule has 0 saturated heterocycles. The van der Waals surface area contributed by atoms with Crippen LogP contribution in [0.2, 0.25) is 0 Å². The maximum absolute atomic E-state index is 15.8. The van der Waals surface area contributed by atoms with Crippen LogP contribution >= 0.6 is 0 Å². The summed E-state index contributed by atoms with van der Waals surface area (Å²) in [4.78, 5) is 40.7. The second kappa shape index (κ2) is 14.9. The van der Waals surface area contributed by atoms with Crippen LogP contribution in [0.5, 0.6) is 0 Å². The Bertz CT molecular complexity index is 1730. The minimum Gasteiger partial charge on any atom is -0.481 e. The predicted octanol–water partition coefficient (Wildman–Crippen LogP) is 6.43. The smallest absolute Gasteiger partial charge is 0.416 e. The molecular formula is C35H38F5N3O4. The van der Waals surface area contributed by atoms with Gasteiger partial charge in [-0.25, -0.2) is 8.78 Å². The number of carboxylic acids is 1. The third kappa shape index (κ3) is 9.07. The molecule has 0 fully saturated rings. The summed E-state index contributed by atoms with van der Waals surface area (Å²) in [7, 11) is 3.36. The first kappa shape index (κ1) is 37.0. The van der Waals surface area contributed by atoms with E-state index < -0.39 is 59.3 Å². The SMILES string of the molecule is C#Cc1cc(-c2c(C)cc(F)cc2C)cc([C@H](CC(=O)O)NC(=O)[C@@H](CC(C)C)n2cc(CCN(C)C)c(C(F)(F)F)cc2=O)c1F. The molecular weight excluding hydrogens is 621 g/mol. The second-order valence-corrected chi connectivity index (χ2v) is 12.3. The predicted molar refractivity (Wildman–Crippen MR) is 169 cm³/mol. The Morgan fingerprint density at radius 3 is 2.19 bits per heavy atom. The van der Waals surface area contributed by atoms with Gasteiger partial charge >= 0.3 is 12.1 Å². The number of halogens is 5. The van der Waals surface area contributed by atoms with E-state index in [9.17, 15) is 37.1 Å².